The van der Waals surface area contributed by atoms with Crippen LogP contribution in [0.15, 0.2) is 18.2 Å². The number of hydrogen-bond acceptors (Lipinski definition) is 5. The van der Waals surface area contributed by atoms with Gasteiger partial charge in [-0.2, -0.15) is 0 Å². The van der Waals surface area contributed by atoms with Gasteiger partial charge in [0.25, 0.3) is 5.91 Å². The van der Waals surface area contributed by atoms with E-state index in [4.69, 9.17) is 31.5 Å². The second-order valence-corrected chi connectivity index (χ2v) is 5.10. The number of amides is 1. The van der Waals surface area contributed by atoms with Gasteiger partial charge < -0.3 is 19.9 Å². The average molecular weight is 342 g/mol. The van der Waals surface area contributed by atoms with Crippen molar-refractivity contribution in [3.63, 3.8) is 0 Å². The second kappa shape index (κ2) is 9.05. The van der Waals surface area contributed by atoms with Crippen LogP contribution < -0.4 is 15.2 Å². The molecular weight excluding hydrogens is 322 g/mol. The van der Waals surface area contributed by atoms with Crippen molar-refractivity contribution in [2.75, 3.05) is 13.7 Å². The minimum absolute atomic E-state index is 0.372. The third-order valence-electron chi connectivity index (χ3n) is 2.81. The normalized spacial score (nSPS) is 12.0. The number of benzene rings is 1. The summed E-state index contributed by atoms with van der Waals surface area (Å²) in [6, 6.07) is 3.31. The second-order valence-electron chi connectivity index (χ2n) is 4.70. The van der Waals surface area contributed by atoms with Crippen molar-refractivity contribution in [2.24, 2.45) is 5.73 Å². The first-order valence-corrected chi connectivity index (χ1v) is 7.45. The summed E-state index contributed by atoms with van der Waals surface area (Å²) in [5.41, 5.74) is 5.64. The van der Waals surface area contributed by atoms with Crippen molar-refractivity contribution >= 4 is 29.6 Å². The Balaban J connectivity index is 2.88. The van der Waals surface area contributed by atoms with Crippen LogP contribution in [0.2, 0.25) is 5.02 Å². The quantitative estimate of drug-likeness (QED) is 0.580. The number of carbonyl (C=O) groups is 2. The van der Waals surface area contributed by atoms with E-state index in [1.54, 1.807) is 12.1 Å². The van der Waals surface area contributed by atoms with Gasteiger partial charge in [0.15, 0.2) is 17.6 Å². The summed E-state index contributed by atoms with van der Waals surface area (Å²) in [4.78, 5) is 22.4. The first-order valence-electron chi connectivity index (χ1n) is 7.07. The summed E-state index contributed by atoms with van der Waals surface area (Å²) in [6.07, 6.45) is 2.52. The lowest BCUT2D eigenvalue weighted by Gasteiger charge is -2.12. The molecule has 1 aromatic carbocycles. The van der Waals surface area contributed by atoms with E-state index in [-0.39, 0.29) is 0 Å². The Hall–Kier alpha value is -2.21. The number of halogens is 1. The van der Waals surface area contributed by atoms with E-state index >= 15 is 0 Å². The maximum absolute atomic E-state index is 11.6. The van der Waals surface area contributed by atoms with Gasteiger partial charge >= 0.3 is 5.97 Å². The SMILES string of the molecule is CCCOc1c(Cl)cc(/C=C/C(=O)O[C@@H](C)C(N)=O)cc1OC. The lowest BCUT2D eigenvalue weighted by atomic mass is 10.2. The maximum atomic E-state index is 11.6. The van der Waals surface area contributed by atoms with E-state index in [2.05, 4.69) is 0 Å². The van der Waals surface area contributed by atoms with E-state index in [1.807, 2.05) is 6.92 Å². The molecule has 1 atom stereocenters. The van der Waals surface area contributed by atoms with Crippen LogP contribution in [0.5, 0.6) is 11.5 Å². The van der Waals surface area contributed by atoms with Crippen LogP contribution in [0, 0.1) is 0 Å². The molecule has 1 amide bonds. The number of methoxy groups -OCH3 is 1. The van der Waals surface area contributed by atoms with E-state index in [0.29, 0.717) is 28.7 Å². The molecule has 1 rings (SSSR count). The summed E-state index contributed by atoms with van der Waals surface area (Å²) >= 11 is 6.17. The van der Waals surface area contributed by atoms with Gasteiger partial charge in [0.2, 0.25) is 0 Å². The Morgan fingerprint density at radius 1 is 1.39 bits per heavy atom. The van der Waals surface area contributed by atoms with Crippen molar-refractivity contribution < 1.29 is 23.8 Å². The Morgan fingerprint density at radius 2 is 2.09 bits per heavy atom. The third kappa shape index (κ3) is 5.83. The summed E-state index contributed by atoms with van der Waals surface area (Å²) in [5.74, 6) is -0.478. The van der Waals surface area contributed by atoms with Gasteiger partial charge in [0.05, 0.1) is 18.7 Å². The Kier molecular flexibility index (Phi) is 7.41. The molecule has 0 saturated carbocycles. The molecule has 0 unspecified atom stereocenters. The molecule has 0 aliphatic rings. The zero-order valence-corrected chi connectivity index (χ0v) is 14.1. The van der Waals surface area contributed by atoms with Crippen molar-refractivity contribution in [3.8, 4) is 11.5 Å². The zero-order valence-electron chi connectivity index (χ0n) is 13.3. The van der Waals surface area contributed by atoms with Gasteiger partial charge in [-0.05, 0) is 37.1 Å². The summed E-state index contributed by atoms with van der Waals surface area (Å²) in [6.45, 7) is 3.90. The molecule has 0 fully saturated rings. The highest BCUT2D eigenvalue weighted by molar-refractivity contribution is 6.32. The summed E-state index contributed by atoms with van der Waals surface area (Å²) in [5, 5.41) is 0.372. The highest BCUT2D eigenvalue weighted by Gasteiger charge is 2.13. The van der Waals surface area contributed by atoms with Crippen LogP contribution in [0.25, 0.3) is 6.08 Å². The molecule has 0 heterocycles. The van der Waals surface area contributed by atoms with Crippen LogP contribution in [0.1, 0.15) is 25.8 Å². The molecule has 126 valence electrons. The molecule has 2 N–H and O–H groups in total. The fourth-order valence-corrected chi connectivity index (χ4v) is 1.89. The van der Waals surface area contributed by atoms with Crippen LogP contribution in [0.3, 0.4) is 0 Å². The number of rotatable bonds is 8. The third-order valence-corrected chi connectivity index (χ3v) is 3.09. The largest absolute Gasteiger partial charge is 0.493 e. The van der Waals surface area contributed by atoms with Gasteiger partial charge in [-0.25, -0.2) is 4.79 Å². The molecule has 0 radical (unpaired) electrons. The van der Waals surface area contributed by atoms with Gasteiger partial charge in [0.1, 0.15) is 0 Å². The molecule has 0 aliphatic carbocycles. The number of carbonyl (C=O) groups excluding carboxylic acids is 2. The van der Waals surface area contributed by atoms with Gasteiger partial charge in [-0.3, -0.25) is 4.79 Å². The molecule has 0 aromatic heterocycles. The van der Waals surface area contributed by atoms with E-state index in [0.717, 1.165) is 6.42 Å². The van der Waals surface area contributed by atoms with Crippen LogP contribution in [-0.2, 0) is 14.3 Å². The van der Waals surface area contributed by atoms with Crippen LogP contribution in [-0.4, -0.2) is 31.7 Å². The molecule has 0 saturated heterocycles. The van der Waals surface area contributed by atoms with Gasteiger partial charge in [-0.15, -0.1) is 0 Å². The molecule has 1 aromatic rings. The minimum atomic E-state index is -0.991. The Labute approximate surface area is 140 Å². The van der Waals surface area contributed by atoms with Crippen molar-refractivity contribution in [1.82, 2.24) is 0 Å². The summed E-state index contributed by atoms with van der Waals surface area (Å²) in [7, 11) is 1.50. The van der Waals surface area contributed by atoms with E-state index < -0.39 is 18.0 Å². The first kappa shape index (κ1) is 18.8. The lowest BCUT2D eigenvalue weighted by Crippen LogP contribution is -2.29. The highest BCUT2D eigenvalue weighted by Crippen LogP contribution is 2.36. The molecule has 0 aliphatic heterocycles. The summed E-state index contributed by atoms with van der Waals surface area (Å²) < 4.78 is 15.6. The van der Waals surface area contributed by atoms with Crippen LogP contribution >= 0.6 is 11.6 Å². The van der Waals surface area contributed by atoms with Crippen molar-refractivity contribution in [3.05, 3.63) is 28.8 Å². The number of hydrogen-bond donors (Lipinski definition) is 1. The zero-order chi connectivity index (χ0) is 17.4. The van der Waals surface area contributed by atoms with Gasteiger partial charge in [-0.1, -0.05) is 18.5 Å². The van der Waals surface area contributed by atoms with E-state index in [9.17, 15) is 9.59 Å². The van der Waals surface area contributed by atoms with Crippen LogP contribution in [0.4, 0.5) is 0 Å². The lowest BCUT2D eigenvalue weighted by molar-refractivity contribution is -0.148. The molecule has 7 heteroatoms. The Morgan fingerprint density at radius 3 is 2.65 bits per heavy atom. The molecular formula is C16H20ClNO5. The average Bonchev–Trinajstić information content (AvgIpc) is 2.51. The number of ether oxygens (including phenoxy) is 3. The smallest absolute Gasteiger partial charge is 0.331 e. The minimum Gasteiger partial charge on any atom is -0.493 e. The molecule has 0 bridgehead atoms. The molecule has 6 nitrogen and oxygen atoms in total. The Bertz CT molecular complexity index is 600. The maximum Gasteiger partial charge on any atom is 0.331 e. The monoisotopic (exact) mass is 341 g/mol. The molecule has 23 heavy (non-hydrogen) atoms. The number of nitrogens with two attached hydrogens (primary N) is 1. The van der Waals surface area contributed by atoms with E-state index in [1.165, 1.54) is 26.2 Å². The first-order chi connectivity index (χ1) is 10.9. The fraction of sp³-hybridized carbons (Fsp3) is 0.375. The fourth-order valence-electron chi connectivity index (χ4n) is 1.62. The predicted molar refractivity (Wildman–Crippen MR) is 87.6 cm³/mol. The predicted octanol–water partition coefficient (Wildman–Crippen LogP) is 2.57. The van der Waals surface area contributed by atoms with Crippen molar-refractivity contribution in [1.29, 1.82) is 0 Å². The van der Waals surface area contributed by atoms with Gasteiger partial charge in [0, 0.05) is 6.08 Å². The van der Waals surface area contributed by atoms with Crippen molar-refractivity contribution in [2.45, 2.75) is 26.4 Å². The number of esters is 1. The standard InChI is InChI=1S/C16H20ClNO5/c1-4-7-22-15-12(17)8-11(9-13(15)21-3)5-6-14(19)23-10(2)16(18)20/h5-6,8-10H,4,7H2,1-3H3,(H2,18,20)/b6-5+/t10-/m0/s1. The molecule has 0 spiro atoms. The topological polar surface area (TPSA) is 87.9 Å². The number of primary amides is 1. The highest BCUT2D eigenvalue weighted by atomic mass is 35.5.